The van der Waals surface area contributed by atoms with Crippen molar-refractivity contribution in [1.82, 2.24) is 0 Å². The fraction of sp³-hybridized carbons (Fsp3) is 0.100. The lowest BCUT2D eigenvalue weighted by atomic mass is 10.2. The average molecular weight is 413 g/mol. The molecule has 3 rings (SSSR count). The van der Waals surface area contributed by atoms with Crippen LogP contribution >= 0.6 is 15.9 Å². The van der Waals surface area contributed by atoms with Gasteiger partial charge in [-0.2, -0.15) is 0 Å². The van der Waals surface area contributed by atoms with Gasteiger partial charge in [0.05, 0.1) is 4.92 Å². The maximum atomic E-state index is 10.7. The Morgan fingerprint density at radius 1 is 0.962 bits per heavy atom. The summed E-state index contributed by atoms with van der Waals surface area (Å²) in [5.74, 6) is 0.810. The van der Waals surface area contributed by atoms with Gasteiger partial charge in [-0.15, -0.1) is 0 Å². The van der Waals surface area contributed by atoms with E-state index in [-0.39, 0.29) is 5.69 Å². The highest BCUT2D eigenvalue weighted by Crippen LogP contribution is 2.22. The van der Waals surface area contributed by atoms with Gasteiger partial charge < -0.3 is 10.1 Å². The van der Waals surface area contributed by atoms with Crippen LogP contribution in [0.25, 0.3) is 0 Å². The third-order valence-electron chi connectivity index (χ3n) is 3.84. The van der Waals surface area contributed by atoms with E-state index in [0.717, 1.165) is 27.0 Å². The van der Waals surface area contributed by atoms with Crippen LogP contribution in [-0.2, 0) is 13.2 Å². The first-order valence-electron chi connectivity index (χ1n) is 8.05. The van der Waals surface area contributed by atoms with Crippen molar-refractivity contribution in [1.29, 1.82) is 0 Å². The Labute approximate surface area is 159 Å². The van der Waals surface area contributed by atoms with Crippen LogP contribution in [-0.4, -0.2) is 4.92 Å². The first-order chi connectivity index (χ1) is 12.6. The number of nitrogens with one attached hydrogen (secondary N) is 1. The second-order valence-electron chi connectivity index (χ2n) is 5.68. The molecule has 0 unspecified atom stereocenters. The number of benzene rings is 3. The van der Waals surface area contributed by atoms with E-state index in [1.165, 1.54) is 12.1 Å². The third-order valence-corrected chi connectivity index (χ3v) is 4.37. The molecule has 0 bridgehead atoms. The molecule has 1 N–H and O–H groups in total. The van der Waals surface area contributed by atoms with Crippen molar-refractivity contribution in [2.75, 3.05) is 5.32 Å². The zero-order valence-electron chi connectivity index (χ0n) is 13.9. The molecule has 0 saturated heterocycles. The molecule has 0 radical (unpaired) electrons. The Balaban J connectivity index is 1.63. The van der Waals surface area contributed by atoms with Gasteiger partial charge in [0.25, 0.3) is 5.69 Å². The summed E-state index contributed by atoms with van der Waals surface area (Å²) in [7, 11) is 0. The Morgan fingerprint density at radius 2 is 1.65 bits per heavy atom. The maximum absolute atomic E-state index is 10.7. The summed E-state index contributed by atoms with van der Waals surface area (Å²) in [6.45, 7) is 1.05. The van der Waals surface area contributed by atoms with Crippen LogP contribution in [0.3, 0.4) is 0 Å². The molecular weight excluding hydrogens is 396 g/mol. The molecule has 132 valence electrons. The zero-order chi connectivity index (χ0) is 18.4. The lowest BCUT2D eigenvalue weighted by Gasteiger charge is -2.13. The molecule has 3 aromatic carbocycles. The van der Waals surface area contributed by atoms with Gasteiger partial charge in [-0.1, -0.05) is 46.3 Å². The van der Waals surface area contributed by atoms with Crippen molar-refractivity contribution in [2.24, 2.45) is 0 Å². The number of non-ortho nitro benzene ring substituents is 1. The van der Waals surface area contributed by atoms with Crippen molar-refractivity contribution in [3.63, 3.8) is 0 Å². The van der Waals surface area contributed by atoms with E-state index >= 15 is 0 Å². The minimum atomic E-state index is -0.408. The van der Waals surface area contributed by atoms with E-state index in [1.807, 2.05) is 48.5 Å². The molecule has 0 saturated carbocycles. The molecule has 6 heteroatoms. The standard InChI is InChI=1S/C20H17BrN2O3/c21-17-7-5-15(6-8-17)14-26-20-4-2-1-3-16(20)13-22-18-9-11-19(12-10-18)23(24)25/h1-12,22H,13-14H2. The second kappa shape index (κ2) is 8.49. The highest BCUT2D eigenvalue weighted by atomic mass is 79.9. The number of halogens is 1. The molecule has 0 aromatic heterocycles. The molecule has 5 nitrogen and oxygen atoms in total. The van der Waals surface area contributed by atoms with E-state index in [2.05, 4.69) is 21.2 Å². The predicted octanol–water partition coefficient (Wildman–Crippen LogP) is 5.55. The van der Waals surface area contributed by atoms with Gasteiger partial charge in [-0.25, -0.2) is 0 Å². The van der Waals surface area contributed by atoms with Gasteiger partial charge >= 0.3 is 0 Å². The summed E-state index contributed by atoms with van der Waals surface area (Å²) in [5.41, 5.74) is 3.00. The van der Waals surface area contributed by atoms with Gasteiger partial charge in [0, 0.05) is 34.4 Å². The Kier molecular flexibility index (Phi) is 5.86. The first-order valence-corrected chi connectivity index (χ1v) is 8.84. The molecule has 0 heterocycles. The molecule has 0 amide bonds. The van der Waals surface area contributed by atoms with Gasteiger partial charge in [0.2, 0.25) is 0 Å². The molecule has 0 spiro atoms. The van der Waals surface area contributed by atoms with Crippen LogP contribution in [0.5, 0.6) is 5.75 Å². The number of rotatable bonds is 7. The summed E-state index contributed by atoms with van der Waals surface area (Å²) in [4.78, 5) is 10.3. The highest BCUT2D eigenvalue weighted by Gasteiger charge is 2.06. The molecule has 3 aromatic rings. The topological polar surface area (TPSA) is 64.4 Å². The average Bonchev–Trinajstić information content (AvgIpc) is 2.67. The second-order valence-corrected chi connectivity index (χ2v) is 6.60. The quantitative estimate of drug-likeness (QED) is 0.408. The minimum Gasteiger partial charge on any atom is -0.489 e. The van der Waals surface area contributed by atoms with E-state index in [1.54, 1.807) is 12.1 Å². The van der Waals surface area contributed by atoms with Crippen molar-refractivity contribution >= 4 is 27.3 Å². The van der Waals surface area contributed by atoms with E-state index in [0.29, 0.717) is 13.2 Å². The zero-order valence-corrected chi connectivity index (χ0v) is 15.5. The molecular formula is C20H17BrN2O3. The van der Waals surface area contributed by atoms with E-state index < -0.39 is 4.92 Å². The lowest BCUT2D eigenvalue weighted by Crippen LogP contribution is -2.03. The monoisotopic (exact) mass is 412 g/mol. The fourth-order valence-corrected chi connectivity index (χ4v) is 2.70. The number of ether oxygens (including phenoxy) is 1. The highest BCUT2D eigenvalue weighted by molar-refractivity contribution is 9.10. The number of hydrogen-bond acceptors (Lipinski definition) is 4. The predicted molar refractivity (Wildman–Crippen MR) is 105 cm³/mol. The van der Waals surface area contributed by atoms with Crippen LogP contribution < -0.4 is 10.1 Å². The summed E-state index contributed by atoms with van der Waals surface area (Å²) in [6, 6.07) is 22.2. The third kappa shape index (κ3) is 4.83. The Morgan fingerprint density at radius 3 is 2.35 bits per heavy atom. The van der Waals surface area contributed by atoms with Crippen molar-refractivity contribution < 1.29 is 9.66 Å². The summed E-state index contributed by atoms with van der Waals surface area (Å²) < 4.78 is 6.99. The number of nitrogens with zero attached hydrogens (tertiary/aromatic N) is 1. The van der Waals surface area contributed by atoms with Crippen LogP contribution in [0.4, 0.5) is 11.4 Å². The van der Waals surface area contributed by atoms with Crippen LogP contribution in [0, 0.1) is 10.1 Å². The van der Waals surface area contributed by atoms with Crippen LogP contribution in [0.2, 0.25) is 0 Å². The number of hydrogen-bond donors (Lipinski definition) is 1. The number of nitro groups is 1. The van der Waals surface area contributed by atoms with Crippen LogP contribution in [0.15, 0.2) is 77.3 Å². The first kappa shape index (κ1) is 17.9. The number of para-hydroxylation sites is 1. The molecule has 0 aliphatic heterocycles. The molecule has 0 fully saturated rings. The largest absolute Gasteiger partial charge is 0.489 e. The smallest absolute Gasteiger partial charge is 0.269 e. The molecule has 0 aliphatic rings. The van der Waals surface area contributed by atoms with Crippen molar-refractivity contribution in [3.05, 3.63) is 98.5 Å². The SMILES string of the molecule is O=[N+]([O-])c1ccc(NCc2ccccc2OCc2ccc(Br)cc2)cc1. The van der Waals surface area contributed by atoms with Gasteiger partial charge in [0.15, 0.2) is 0 Å². The molecule has 0 atom stereocenters. The summed E-state index contributed by atoms with van der Waals surface area (Å²) in [6.07, 6.45) is 0. The van der Waals surface area contributed by atoms with Gasteiger partial charge in [-0.3, -0.25) is 10.1 Å². The van der Waals surface area contributed by atoms with E-state index in [4.69, 9.17) is 4.74 Å². The van der Waals surface area contributed by atoms with E-state index in [9.17, 15) is 10.1 Å². The fourth-order valence-electron chi connectivity index (χ4n) is 2.43. The molecule has 26 heavy (non-hydrogen) atoms. The van der Waals surface area contributed by atoms with Crippen LogP contribution in [0.1, 0.15) is 11.1 Å². The Hall–Kier alpha value is -2.86. The summed E-state index contributed by atoms with van der Waals surface area (Å²) in [5, 5.41) is 14.0. The lowest BCUT2D eigenvalue weighted by molar-refractivity contribution is -0.384. The molecule has 0 aliphatic carbocycles. The van der Waals surface area contributed by atoms with Crippen molar-refractivity contribution in [2.45, 2.75) is 13.2 Å². The van der Waals surface area contributed by atoms with Crippen molar-refractivity contribution in [3.8, 4) is 5.75 Å². The minimum absolute atomic E-state index is 0.0776. The van der Waals surface area contributed by atoms with Gasteiger partial charge in [-0.05, 0) is 35.9 Å². The summed E-state index contributed by atoms with van der Waals surface area (Å²) >= 11 is 3.42. The number of anilines is 1. The normalized spacial score (nSPS) is 10.3. The maximum Gasteiger partial charge on any atom is 0.269 e. The van der Waals surface area contributed by atoms with Gasteiger partial charge in [0.1, 0.15) is 12.4 Å². The Bertz CT molecular complexity index is 880. The number of nitro benzene ring substituents is 1.